The zero-order valence-electron chi connectivity index (χ0n) is 9.85. The van der Waals surface area contributed by atoms with Crippen LogP contribution in [0.5, 0.6) is 0 Å². The Labute approximate surface area is 125 Å². The molecule has 0 saturated carbocycles. The van der Waals surface area contributed by atoms with Crippen LogP contribution in [0.2, 0.25) is 0 Å². The van der Waals surface area contributed by atoms with Crippen molar-refractivity contribution in [2.24, 2.45) is 5.92 Å². The summed E-state index contributed by atoms with van der Waals surface area (Å²) in [4.78, 5) is 0.365. The fourth-order valence-corrected chi connectivity index (χ4v) is 5.34. The van der Waals surface area contributed by atoms with Crippen molar-refractivity contribution in [2.75, 3.05) is 18.4 Å². The molecule has 1 atom stereocenters. The summed E-state index contributed by atoms with van der Waals surface area (Å²) >= 11 is 6.72. The van der Waals surface area contributed by atoms with Gasteiger partial charge in [0.15, 0.2) is 0 Å². The molecule has 0 spiro atoms. The van der Waals surface area contributed by atoms with Gasteiger partial charge in [-0.1, -0.05) is 28.1 Å². The Kier molecular flexibility index (Phi) is 4.86. The van der Waals surface area contributed by atoms with Crippen LogP contribution in [-0.2, 0) is 10.0 Å². The lowest BCUT2D eigenvalue weighted by molar-refractivity contribution is 0.454. The monoisotopic (exact) mass is 395 g/mol. The minimum absolute atomic E-state index is 0.365. The van der Waals surface area contributed by atoms with Gasteiger partial charge in [-0.05, 0) is 46.8 Å². The number of alkyl halides is 1. The van der Waals surface area contributed by atoms with E-state index in [-0.39, 0.29) is 0 Å². The summed E-state index contributed by atoms with van der Waals surface area (Å²) in [6.45, 7) is 1.26. The number of rotatable bonds is 4. The van der Waals surface area contributed by atoms with Crippen molar-refractivity contribution in [3.63, 3.8) is 0 Å². The second-order valence-corrected chi connectivity index (χ2v) is 7.98. The number of hydrogen-bond acceptors (Lipinski definition) is 2. The molecule has 18 heavy (non-hydrogen) atoms. The Morgan fingerprint density at radius 2 is 2.06 bits per heavy atom. The maximum atomic E-state index is 12.5. The number of benzene rings is 1. The van der Waals surface area contributed by atoms with E-state index in [2.05, 4.69) is 31.9 Å². The van der Waals surface area contributed by atoms with E-state index in [0.717, 1.165) is 18.2 Å². The molecule has 0 radical (unpaired) electrons. The Balaban J connectivity index is 2.21. The first-order valence-electron chi connectivity index (χ1n) is 5.86. The highest BCUT2D eigenvalue weighted by Gasteiger charge is 2.32. The second kappa shape index (κ2) is 6.03. The van der Waals surface area contributed by atoms with Gasteiger partial charge in [-0.25, -0.2) is 8.42 Å². The van der Waals surface area contributed by atoms with Gasteiger partial charge in [0.05, 0.1) is 4.90 Å². The number of hydrogen-bond donors (Lipinski definition) is 0. The van der Waals surface area contributed by atoms with Gasteiger partial charge in [-0.3, -0.25) is 0 Å². The van der Waals surface area contributed by atoms with E-state index in [4.69, 9.17) is 0 Å². The lowest BCUT2D eigenvalue weighted by Gasteiger charge is -2.17. The molecule has 0 aromatic heterocycles. The van der Waals surface area contributed by atoms with Crippen LogP contribution in [0.4, 0.5) is 0 Å². The van der Waals surface area contributed by atoms with Crippen LogP contribution in [0.3, 0.4) is 0 Å². The molecule has 6 heteroatoms. The predicted octanol–water partition coefficient (Wildman–Crippen LogP) is 3.24. The van der Waals surface area contributed by atoms with E-state index in [9.17, 15) is 8.42 Å². The highest BCUT2D eigenvalue weighted by atomic mass is 79.9. The average molecular weight is 397 g/mol. The minimum Gasteiger partial charge on any atom is -0.207 e. The van der Waals surface area contributed by atoms with E-state index in [1.54, 1.807) is 22.5 Å². The molecule has 1 unspecified atom stereocenters. The summed E-state index contributed by atoms with van der Waals surface area (Å²) in [6, 6.07) is 6.99. The molecule has 0 aliphatic carbocycles. The summed E-state index contributed by atoms with van der Waals surface area (Å²) in [5, 5.41) is 0.931. The van der Waals surface area contributed by atoms with Crippen LogP contribution in [0, 0.1) is 5.92 Å². The first-order chi connectivity index (χ1) is 8.55. The zero-order chi connectivity index (χ0) is 13.2. The van der Waals surface area contributed by atoms with Crippen LogP contribution in [0.1, 0.15) is 12.8 Å². The van der Waals surface area contributed by atoms with Gasteiger partial charge in [0.1, 0.15) is 0 Å². The van der Waals surface area contributed by atoms with E-state index in [0.29, 0.717) is 28.4 Å². The summed E-state index contributed by atoms with van der Waals surface area (Å²) in [6.07, 6.45) is 1.98. The SMILES string of the molecule is O=S(=O)(c1ccccc1Br)N1CCC(CCBr)C1. The molecule has 2 rings (SSSR count). The molecule has 0 bridgehead atoms. The first-order valence-corrected chi connectivity index (χ1v) is 9.22. The summed E-state index contributed by atoms with van der Waals surface area (Å²) in [5.74, 6) is 0.474. The van der Waals surface area contributed by atoms with Crippen molar-refractivity contribution in [2.45, 2.75) is 17.7 Å². The van der Waals surface area contributed by atoms with Crippen LogP contribution in [-0.4, -0.2) is 31.1 Å². The molecule has 0 amide bonds. The molecular weight excluding hydrogens is 382 g/mol. The van der Waals surface area contributed by atoms with E-state index >= 15 is 0 Å². The van der Waals surface area contributed by atoms with E-state index in [1.165, 1.54) is 0 Å². The smallest absolute Gasteiger partial charge is 0.207 e. The summed E-state index contributed by atoms with van der Waals surface area (Å²) in [5.41, 5.74) is 0. The highest BCUT2D eigenvalue weighted by molar-refractivity contribution is 9.10. The standard InChI is InChI=1S/C12H15Br2NO2S/c13-7-5-10-6-8-15(9-10)18(16,17)12-4-2-1-3-11(12)14/h1-4,10H,5-9H2. The van der Waals surface area contributed by atoms with Crippen molar-refractivity contribution in [3.8, 4) is 0 Å². The minimum atomic E-state index is -3.35. The number of sulfonamides is 1. The molecule has 1 aromatic carbocycles. The molecule has 1 aromatic rings. The van der Waals surface area contributed by atoms with Gasteiger partial charge >= 0.3 is 0 Å². The van der Waals surface area contributed by atoms with E-state index in [1.807, 2.05) is 6.07 Å². The highest BCUT2D eigenvalue weighted by Crippen LogP contribution is 2.29. The third kappa shape index (κ3) is 2.98. The molecule has 1 fully saturated rings. The fraction of sp³-hybridized carbons (Fsp3) is 0.500. The lowest BCUT2D eigenvalue weighted by atomic mass is 10.1. The molecule has 1 aliphatic heterocycles. The molecule has 3 nitrogen and oxygen atoms in total. The third-order valence-electron chi connectivity index (χ3n) is 3.22. The Hall–Kier alpha value is 0.0900. The van der Waals surface area contributed by atoms with E-state index < -0.39 is 10.0 Å². The van der Waals surface area contributed by atoms with Gasteiger partial charge < -0.3 is 0 Å². The van der Waals surface area contributed by atoms with Gasteiger partial charge in [0, 0.05) is 22.9 Å². The Bertz CT molecular complexity index is 519. The van der Waals surface area contributed by atoms with Crippen molar-refractivity contribution >= 4 is 41.9 Å². The molecule has 100 valence electrons. The largest absolute Gasteiger partial charge is 0.244 e. The quantitative estimate of drug-likeness (QED) is 0.732. The van der Waals surface area contributed by atoms with Crippen LogP contribution in [0.15, 0.2) is 33.6 Å². The molecule has 1 saturated heterocycles. The van der Waals surface area contributed by atoms with Crippen molar-refractivity contribution in [1.29, 1.82) is 0 Å². The van der Waals surface area contributed by atoms with Crippen LogP contribution >= 0.6 is 31.9 Å². The van der Waals surface area contributed by atoms with Crippen LogP contribution in [0.25, 0.3) is 0 Å². The number of nitrogens with zero attached hydrogens (tertiary/aromatic N) is 1. The Morgan fingerprint density at radius 3 is 2.72 bits per heavy atom. The average Bonchev–Trinajstić information content (AvgIpc) is 2.79. The Morgan fingerprint density at radius 1 is 1.33 bits per heavy atom. The van der Waals surface area contributed by atoms with Crippen molar-refractivity contribution in [3.05, 3.63) is 28.7 Å². The number of halogens is 2. The summed E-state index contributed by atoms with van der Waals surface area (Å²) < 4.78 is 27.2. The maximum absolute atomic E-state index is 12.5. The summed E-state index contributed by atoms with van der Waals surface area (Å²) in [7, 11) is -3.35. The second-order valence-electron chi connectivity index (χ2n) is 4.43. The van der Waals surface area contributed by atoms with Crippen molar-refractivity contribution in [1.82, 2.24) is 4.31 Å². The molecule has 0 N–H and O–H groups in total. The molecular formula is C12H15Br2NO2S. The first kappa shape index (κ1) is 14.5. The van der Waals surface area contributed by atoms with Crippen molar-refractivity contribution < 1.29 is 8.42 Å². The van der Waals surface area contributed by atoms with Gasteiger partial charge in [-0.2, -0.15) is 4.31 Å². The third-order valence-corrected chi connectivity index (χ3v) is 6.56. The normalized spacial score (nSPS) is 21.3. The van der Waals surface area contributed by atoms with Gasteiger partial charge in [0.25, 0.3) is 0 Å². The van der Waals surface area contributed by atoms with Crippen LogP contribution < -0.4 is 0 Å². The maximum Gasteiger partial charge on any atom is 0.244 e. The fourth-order valence-electron chi connectivity index (χ4n) is 2.20. The molecule has 1 heterocycles. The predicted molar refractivity (Wildman–Crippen MR) is 79.4 cm³/mol. The topological polar surface area (TPSA) is 37.4 Å². The zero-order valence-corrected chi connectivity index (χ0v) is 13.8. The van der Waals surface area contributed by atoms with Gasteiger partial charge in [0.2, 0.25) is 10.0 Å². The molecule has 1 aliphatic rings. The van der Waals surface area contributed by atoms with Gasteiger partial charge in [-0.15, -0.1) is 0 Å². The lowest BCUT2D eigenvalue weighted by Crippen LogP contribution is -2.29.